The smallest absolute Gasteiger partial charge is 0.762 e. The van der Waals surface area contributed by atoms with Crippen LogP contribution < -0.4 is 4.70 Å². The summed E-state index contributed by atoms with van der Waals surface area (Å²) in [6.45, 7) is 0. The number of hydrogen-bond acceptors (Lipinski definition) is 1. The summed E-state index contributed by atoms with van der Waals surface area (Å²) in [4.78, 5) is 0. The van der Waals surface area contributed by atoms with Crippen LogP contribution in [0.15, 0.2) is 133 Å². The van der Waals surface area contributed by atoms with Crippen molar-refractivity contribution < 1.29 is 27.0 Å². The van der Waals surface area contributed by atoms with E-state index in [1.807, 2.05) is 56.6 Å². The summed E-state index contributed by atoms with van der Waals surface area (Å²) < 4.78 is 37.3. The summed E-state index contributed by atoms with van der Waals surface area (Å²) in [5.74, 6) is 1.66. The van der Waals surface area contributed by atoms with Gasteiger partial charge < -0.3 is 9.44 Å². The van der Waals surface area contributed by atoms with E-state index in [1.165, 1.54) is 11.3 Å². The number of halogens is 4. The van der Waals surface area contributed by atoms with Gasteiger partial charge in [-0.1, -0.05) is 78.9 Å². The van der Waals surface area contributed by atoms with Crippen LogP contribution in [0.3, 0.4) is 0 Å². The Labute approximate surface area is 209 Å². The van der Waals surface area contributed by atoms with Gasteiger partial charge in [0, 0.05) is 17.7 Å². The molecule has 2 aliphatic rings. The molecule has 36 heavy (non-hydrogen) atoms. The Morgan fingerprint density at radius 2 is 1.25 bits per heavy atom. The molecule has 1 heterocycles. The van der Waals surface area contributed by atoms with Gasteiger partial charge in [-0.2, -0.15) is 0 Å². The molecule has 184 valence electrons. The highest BCUT2D eigenvalue weighted by Gasteiger charge is 2.13. The first kappa shape index (κ1) is 28.1. The van der Waals surface area contributed by atoms with Gasteiger partial charge in [-0.3, -0.25) is 12.9 Å². The summed E-state index contributed by atoms with van der Waals surface area (Å²) in [5.41, 5.74) is 5.72. The molecule has 0 radical (unpaired) electrons. The molecule has 0 saturated carbocycles. The SMILES string of the molecule is C[N+](C)=C1C=CC(=CC=CC=C2C=C(c3ccccc3)C=C(c3ccccc3)O2)C=C1.FB(F)F.[F-]. The second-order valence-electron chi connectivity index (χ2n) is 7.80. The van der Waals surface area contributed by atoms with Crippen LogP contribution in [0.25, 0.3) is 11.3 Å². The highest BCUT2D eigenvalue weighted by molar-refractivity contribution is 6.33. The fourth-order valence-electron chi connectivity index (χ4n) is 3.35. The molecule has 0 unspecified atom stereocenters. The lowest BCUT2D eigenvalue weighted by Gasteiger charge is -2.18. The van der Waals surface area contributed by atoms with Gasteiger partial charge in [-0.15, -0.1) is 0 Å². The topological polar surface area (TPSA) is 12.2 Å². The Bertz CT molecular complexity index is 1230. The lowest BCUT2D eigenvalue weighted by atomic mass is 10.0. The molecule has 7 heteroatoms. The molecule has 2 nitrogen and oxygen atoms in total. The van der Waals surface area contributed by atoms with E-state index >= 15 is 0 Å². The van der Waals surface area contributed by atoms with Crippen molar-refractivity contribution in [3.8, 4) is 0 Å². The summed E-state index contributed by atoms with van der Waals surface area (Å²) in [7, 11) is 0.425. The van der Waals surface area contributed by atoms with E-state index in [2.05, 4.69) is 83.5 Å². The maximum atomic E-state index is 9.67. The maximum absolute atomic E-state index is 9.67. The molecule has 2 aromatic rings. The van der Waals surface area contributed by atoms with Gasteiger partial charge in [0.2, 0.25) is 0 Å². The largest absolute Gasteiger partial charge is 1.00 e. The van der Waals surface area contributed by atoms with Crippen molar-refractivity contribution in [2.75, 3.05) is 14.1 Å². The monoisotopic (exact) mass is 491 g/mol. The molecule has 1 aliphatic heterocycles. The van der Waals surface area contributed by atoms with E-state index in [0.717, 1.165) is 28.2 Å². The van der Waals surface area contributed by atoms with Crippen molar-refractivity contribution in [1.29, 1.82) is 0 Å². The third-order valence-corrected chi connectivity index (χ3v) is 5.05. The van der Waals surface area contributed by atoms with Crippen molar-refractivity contribution in [3.63, 3.8) is 0 Å². The van der Waals surface area contributed by atoms with Crippen LogP contribution in [-0.2, 0) is 4.74 Å². The van der Waals surface area contributed by atoms with Gasteiger partial charge in [0.25, 0.3) is 0 Å². The molecule has 4 rings (SSSR count). The first-order chi connectivity index (χ1) is 16.9. The van der Waals surface area contributed by atoms with E-state index < -0.39 is 7.54 Å². The Kier molecular flexibility index (Phi) is 11.2. The molecule has 1 aliphatic carbocycles. The van der Waals surface area contributed by atoms with Gasteiger partial charge in [-0.05, 0) is 47.1 Å². The number of allylic oxidation sites excluding steroid dienone is 12. The molecular formula is C29H26BF4NO. The lowest BCUT2D eigenvalue weighted by molar-refractivity contribution is -0.462. The second kappa shape index (κ2) is 14.3. The fourth-order valence-corrected chi connectivity index (χ4v) is 3.35. The van der Waals surface area contributed by atoms with E-state index in [4.69, 9.17) is 4.74 Å². The predicted molar refractivity (Wildman–Crippen MR) is 140 cm³/mol. The van der Waals surface area contributed by atoms with Crippen LogP contribution >= 0.6 is 0 Å². The van der Waals surface area contributed by atoms with E-state index in [0.29, 0.717) is 0 Å². The first-order valence-corrected chi connectivity index (χ1v) is 11.1. The number of hydrogen-bond donors (Lipinski definition) is 0. The second-order valence-corrected chi connectivity index (χ2v) is 7.80. The number of benzene rings is 2. The number of nitrogens with zero attached hydrogens (tertiary/aromatic N) is 1. The molecule has 0 saturated heterocycles. The number of ether oxygens (including phenoxy) is 1. The van der Waals surface area contributed by atoms with Crippen LogP contribution in [0, 0.1) is 0 Å². The summed E-state index contributed by atoms with van der Waals surface area (Å²) in [6, 6.07) is 20.6. The van der Waals surface area contributed by atoms with Crippen molar-refractivity contribution >= 4 is 24.6 Å². The molecule has 0 aromatic heterocycles. The third-order valence-electron chi connectivity index (χ3n) is 5.05. The van der Waals surface area contributed by atoms with Crippen LogP contribution in [0.5, 0.6) is 0 Å². The van der Waals surface area contributed by atoms with E-state index in [1.54, 1.807) is 0 Å². The molecule has 0 amide bonds. The Morgan fingerprint density at radius 3 is 1.81 bits per heavy atom. The fraction of sp³-hybridized carbons (Fsp3) is 0.0690. The lowest BCUT2D eigenvalue weighted by Crippen LogP contribution is -3.00. The summed E-state index contributed by atoms with van der Waals surface area (Å²) >= 11 is 0. The quantitative estimate of drug-likeness (QED) is 0.355. The zero-order valence-electron chi connectivity index (χ0n) is 20.0. The first-order valence-electron chi connectivity index (χ1n) is 11.1. The Hall–Kier alpha value is -4.13. The van der Waals surface area contributed by atoms with Crippen molar-refractivity contribution in [3.05, 3.63) is 144 Å². The third kappa shape index (κ3) is 8.91. The van der Waals surface area contributed by atoms with E-state index in [-0.39, 0.29) is 4.70 Å². The minimum atomic E-state index is -3.67. The molecule has 0 fully saturated rings. The van der Waals surface area contributed by atoms with Gasteiger partial charge in [0.05, 0.1) is 0 Å². The van der Waals surface area contributed by atoms with Crippen LogP contribution in [-0.4, -0.2) is 31.9 Å². The minimum Gasteiger partial charge on any atom is -1.00 e. The van der Waals surface area contributed by atoms with E-state index in [9.17, 15) is 12.9 Å². The van der Waals surface area contributed by atoms with Gasteiger partial charge in [0.1, 0.15) is 25.6 Å². The molecule has 0 bridgehead atoms. The number of rotatable bonds is 4. The highest BCUT2D eigenvalue weighted by atomic mass is 19.4. The van der Waals surface area contributed by atoms with Gasteiger partial charge in [-0.25, -0.2) is 4.58 Å². The minimum absolute atomic E-state index is 0. The molecule has 0 spiro atoms. The van der Waals surface area contributed by atoms with Gasteiger partial charge >= 0.3 is 7.54 Å². The molecular weight excluding hydrogens is 465 g/mol. The standard InChI is InChI=1S/C29H26NO.BF3.FH/c1-30(2)27-19-17-23(18-20-27)11-9-10-16-28-21-26(24-12-5-3-6-13-24)22-29(31-28)25-14-7-4-8-15-25;2-1(3)4;/h3-22H,1-2H3;;1H/q+1;;/p-1. The highest BCUT2D eigenvalue weighted by Crippen LogP contribution is 2.31. The molecule has 2 aromatic carbocycles. The summed E-state index contributed by atoms with van der Waals surface area (Å²) in [5, 5.41) is 0. The Balaban J connectivity index is 0.000000850. The average molecular weight is 491 g/mol. The van der Waals surface area contributed by atoms with Crippen molar-refractivity contribution in [2.24, 2.45) is 0 Å². The van der Waals surface area contributed by atoms with Crippen LogP contribution in [0.1, 0.15) is 11.1 Å². The van der Waals surface area contributed by atoms with Crippen molar-refractivity contribution in [2.45, 2.75) is 0 Å². The predicted octanol–water partition coefficient (Wildman–Crippen LogP) is 4.23. The molecule has 0 atom stereocenters. The average Bonchev–Trinajstić information content (AvgIpc) is 2.87. The normalized spacial score (nSPS) is 15.3. The zero-order valence-corrected chi connectivity index (χ0v) is 20.0. The zero-order chi connectivity index (χ0) is 25.0. The van der Waals surface area contributed by atoms with Crippen LogP contribution in [0.2, 0.25) is 0 Å². The summed E-state index contributed by atoms with van der Waals surface area (Å²) in [6.07, 6.45) is 20.8. The Morgan fingerprint density at radius 1 is 0.722 bits per heavy atom. The van der Waals surface area contributed by atoms with Crippen molar-refractivity contribution in [1.82, 2.24) is 0 Å². The van der Waals surface area contributed by atoms with Gasteiger partial charge in [0.15, 0.2) is 5.71 Å². The van der Waals surface area contributed by atoms with Crippen LogP contribution in [0.4, 0.5) is 12.9 Å². The maximum Gasteiger partial charge on any atom is 0.762 e. The molecule has 0 N–H and O–H groups in total.